The number of methoxy groups -OCH3 is 2. The first-order chi connectivity index (χ1) is 7.81. The van der Waals surface area contributed by atoms with E-state index in [0.717, 1.165) is 20.3 Å². The number of pyridine rings is 1. The highest BCUT2D eigenvalue weighted by Crippen LogP contribution is 2.36. The van der Waals surface area contributed by atoms with Gasteiger partial charge in [-0.05, 0) is 0 Å². The van der Waals surface area contributed by atoms with E-state index in [1.54, 1.807) is 0 Å². The van der Waals surface area contributed by atoms with Crippen LogP contribution < -0.4 is 14.6 Å². The van der Waals surface area contributed by atoms with Crippen LogP contribution in [-0.4, -0.2) is 27.6 Å². The molecule has 0 saturated heterocycles. The molecular weight excluding hydrogens is 258 g/mol. The number of nitrogens with zero attached hydrogens (tertiary/aromatic N) is 1. The summed E-state index contributed by atoms with van der Waals surface area (Å²) >= 11 is 0. The van der Waals surface area contributed by atoms with E-state index in [4.69, 9.17) is 5.14 Å². The number of halogens is 2. The molecule has 0 fully saturated rings. The molecular formula is C8H10F2N2O4S. The number of hydrogen-bond donors (Lipinski definition) is 1. The highest BCUT2D eigenvalue weighted by atomic mass is 32.2. The molecule has 0 bridgehead atoms. The van der Waals surface area contributed by atoms with Crippen LogP contribution in [0.5, 0.6) is 11.6 Å². The maximum Gasteiger partial charge on any atom is 0.272 e. The van der Waals surface area contributed by atoms with Crippen LogP contribution in [-0.2, 0) is 10.0 Å². The van der Waals surface area contributed by atoms with Gasteiger partial charge in [-0.25, -0.2) is 22.3 Å². The molecule has 0 atom stereocenters. The number of aromatic nitrogens is 1. The Kier molecular flexibility index (Phi) is 3.83. The Morgan fingerprint density at radius 3 is 2.29 bits per heavy atom. The molecule has 1 aromatic rings. The molecule has 0 aliphatic rings. The number of alkyl halides is 2. The van der Waals surface area contributed by atoms with Gasteiger partial charge in [0.05, 0.1) is 14.2 Å². The van der Waals surface area contributed by atoms with Gasteiger partial charge in [0.25, 0.3) is 16.4 Å². The lowest BCUT2D eigenvalue weighted by Crippen LogP contribution is -2.15. The van der Waals surface area contributed by atoms with Gasteiger partial charge < -0.3 is 9.47 Å². The van der Waals surface area contributed by atoms with Gasteiger partial charge in [0.2, 0.25) is 5.88 Å². The minimum Gasteiger partial charge on any atom is -0.496 e. The molecule has 0 saturated carbocycles. The van der Waals surface area contributed by atoms with Gasteiger partial charge in [-0.15, -0.1) is 0 Å². The third kappa shape index (κ3) is 2.80. The first kappa shape index (κ1) is 13.6. The van der Waals surface area contributed by atoms with Crippen molar-refractivity contribution in [1.82, 2.24) is 4.98 Å². The highest BCUT2D eigenvalue weighted by molar-refractivity contribution is 7.89. The second-order valence-electron chi connectivity index (χ2n) is 2.93. The van der Waals surface area contributed by atoms with Crippen molar-refractivity contribution >= 4 is 10.0 Å². The monoisotopic (exact) mass is 268 g/mol. The average molecular weight is 268 g/mol. The molecule has 1 aromatic heterocycles. The fraction of sp³-hybridized carbons (Fsp3) is 0.375. The van der Waals surface area contributed by atoms with Crippen molar-refractivity contribution in [3.63, 3.8) is 0 Å². The van der Waals surface area contributed by atoms with E-state index >= 15 is 0 Å². The first-order valence-electron chi connectivity index (χ1n) is 4.25. The van der Waals surface area contributed by atoms with E-state index in [-0.39, 0.29) is 5.75 Å². The SMILES string of the molecule is COc1cc(S(N)(=O)=O)nc(OC)c1C(F)F. The molecule has 0 aliphatic carbocycles. The molecule has 9 heteroatoms. The predicted octanol–water partition coefficient (Wildman–Crippen LogP) is 0.684. The van der Waals surface area contributed by atoms with Gasteiger partial charge in [0.1, 0.15) is 11.3 Å². The summed E-state index contributed by atoms with van der Waals surface area (Å²) in [5.41, 5.74) is -0.623. The number of sulfonamides is 1. The summed E-state index contributed by atoms with van der Waals surface area (Å²) in [6.45, 7) is 0. The van der Waals surface area contributed by atoms with Crippen molar-refractivity contribution in [1.29, 1.82) is 0 Å². The highest BCUT2D eigenvalue weighted by Gasteiger charge is 2.25. The van der Waals surface area contributed by atoms with Crippen molar-refractivity contribution in [2.45, 2.75) is 11.5 Å². The maximum absolute atomic E-state index is 12.7. The number of rotatable bonds is 4. The third-order valence-corrected chi connectivity index (χ3v) is 2.68. The Labute approximate surface area is 96.4 Å². The van der Waals surface area contributed by atoms with Crippen molar-refractivity contribution < 1.29 is 26.7 Å². The van der Waals surface area contributed by atoms with Crippen molar-refractivity contribution in [3.05, 3.63) is 11.6 Å². The Hall–Kier alpha value is -1.48. The number of primary sulfonamides is 1. The van der Waals surface area contributed by atoms with Gasteiger partial charge in [-0.2, -0.15) is 4.98 Å². The quantitative estimate of drug-likeness (QED) is 0.867. The summed E-state index contributed by atoms with van der Waals surface area (Å²) < 4.78 is 56.8. The van der Waals surface area contributed by atoms with Gasteiger partial charge in [0.15, 0.2) is 5.03 Å². The summed E-state index contributed by atoms with van der Waals surface area (Å²) in [4.78, 5) is 3.40. The second-order valence-corrected chi connectivity index (χ2v) is 4.44. The minimum absolute atomic E-state index is 0.351. The smallest absolute Gasteiger partial charge is 0.272 e. The molecule has 0 aromatic carbocycles. The van der Waals surface area contributed by atoms with Crippen LogP contribution in [0.15, 0.2) is 11.1 Å². The molecule has 0 unspecified atom stereocenters. The van der Waals surface area contributed by atoms with E-state index in [1.807, 2.05) is 0 Å². The molecule has 96 valence electrons. The lowest BCUT2D eigenvalue weighted by Gasteiger charge is -2.12. The normalized spacial score (nSPS) is 11.6. The van der Waals surface area contributed by atoms with Crippen LogP contribution in [0.25, 0.3) is 0 Å². The largest absolute Gasteiger partial charge is 0.496 e. The topological polar surface area (TPSA) is 91.5 Å². The molecule has 6 nitrogen and oxygen atoms in total. The lowest BCUT2D eigenvalue weighted by molar-refractivity contribution is 0.141. The zero-order valence-electron chi connectivity index (χ0n) is 8.98. The molecule has 1 rings (SSSR count). The summed E-state index contributed by atoms with van der Waals surface area (Å²) in [6, 6.07) is 0.819. The predicted molar refractivity (Wildman–Crippen MR) is 53.7 cm³/mol. The van der Waals surface area contributed by atoms with Crippen LogP contribution in [0.3, 0.4) is 0 Å². The maximum atomic E-state index is 12.7. The zero-order chi connectivity index (χ0) is 13.2. The number of nitrogens with two attached hydrogens (primary N) is 1. The number of hydrogen-bond acceptors (Lipinski definition) is 5. The Morgan fingerprint density at radius 2 is 1.94 bits per heavy atom. The first-order valence-corrected chi connectivity index (χ1v) is 5.79. The molecule has 1 heterocycles. The fourth-order valence-electron chi connectivity index (χ4n) is 1.16. The van der Waals surface area contributed by atoms with Gasteiger partial charge in [-0.1, -0.05) is 0 Å². The summed E-state index contributed by atoms with van der Waals surface area (Å²) in [7, 11) is -1.92. The van der Waals surface area contributed by atoms with E-state index < -0.39 is 32.9 Å². The fourth-order valence-corrected chi connectivity index (χ4v) is 1.64. The summed E-state index contributed by atoms with van der Waals surface area (Å²) in [5.74, 6) is -0.890. The van der Waals surface area contributed by atoms with E-state index in [0.29, 0.717) is 0 Å². The molecule has 0 spiro atoms. The van der Waals surface area contributed by atoms with Crippen molar-refractivity contribution in [2.75, 3.05) is 14.2 Å². The Balaban J connectivity index is 3.56. The van der Waals surface area contributed by atoms with Crippen LogP contribution in [0.1, 0.15) is 12.0 Å². The van der Waals surface area contributed by atoms with Gasteiger partial charge in [-0.3, -0.25) is 0 Å². The van der Waals surface area contributed by atoms with Gasteiger partial charge >= 0.3 is 0 Å². The molecule has 17 heavy (non-hydrogen) atoms. The molecule has 0 aliphatic heterocycles. The van der Waals surface area contributed by atoms with Crippen molar-refractivity contribution in [3.8, 4) is 11.6 Å². The van der Waals surface area contributed by atoms with E-state index in [2.05, 4.69) is 14.5 Å². The van der Waals surface area contributed by atoms with Crippen LogP contribution >= 0.6 is 0 Å². The van der Waals surface area contributed by atoms with Crippen molar-refractivity contribution in [2.24, 2.45) is 5.14 Å². The molecule has 0 amide bonds. The van der Waals surface area contributed by atoms with E-state index in [9.17, 15) is 17.2 Å². The standard InChI is InChI=1S/C8H10F2N2O4S/c1-15-4-3-5(17(11,13)14)12-8(16-2)6(4)7(9)10/h3,7H,1-2H3,(H2,11,13,14). The second kappa shape index (κ2) is 4.80. The lowest BCUT2D eigenvalue weighted by atomic mass is 10.2. The molecule has 0 radical (unpaired) electrons. The zero-order valence-corrected chi connectivity index (χ0v) is 9.79. The van der Waals surface area contributed by atoms with Crippen LogP contribution in [0, 0.1) is 0 Å². The van der Waals surface area contributed by atoms with Crippen LogP contribution in [0.2, 0.25) is 0 Å². The molecule has 2 N–H and O–H groups in total. The minimum atomic E-state index is -4.13. The third-order valence-electron chi connectivity index (χ3n) is 1.89. The van der Waals surface area contributed by atoms with E-state index in [1.165, 1.54) is 0 Å². The summed E-state index contributed by atoms with van der Waals surface area (Å²) in [6.07, 6.45) is -2.91. The number of ether oxygens (including phenoxy) is 2. The van der Waals surface area contributed by atoms with Gasteiger partial charge in [0, 0.05) is 6.07 Å². The Bertz CT molecular complexity index is 493. The van der Waals surface area contributed by atoms with Crippen LogP contribution in [0.4, 0.5) is 8.78 Å². The summed E-state index contributed by atoms with van der Waals surface area (Å²) in [5, 5.41) is 4.24. The Morgan fingerprint density at radius 1 is 1.35 bits per heavy atom. The average Bonchev–Trinajstić information content (AvgIpc) is 2.25.